The molecule has 1 N–H and O–H groups in total. The van der Waals surface area contributed by atoms with Crippen LogP contribution in [-0.4, -0.2) is 20.1 Å². The Bertz CT molecular complexity index is 791. The quantitative estimate of drug-likeness (QED) is 0.934. The van der Waals surface area contributed by atoms with Gasteiger partial charge in [-0.3, -0.25) is 4.79 Å². The number of hydrogen-bond donors (Lipinski definition) is 1. The highest BCUT2D eigenvalue weighted by Gasteiger charge is 2.22. The van der Waals surface area contributed by atoms with Gasteiger partial charge in [0.15, 0.2) is 9.84 Å². The lowest BCUT2D eigenvalue weighted by atomic mass is 9.86. The van der Waals surface area contributed by atoms with Gasteiger partial charge in [0.25, 0.3) is 0 Å². The lowest BCUT2D eigenvalue weighted by Crippen LogP contribution is -2.25. The van der Waals surface area contributed by atoms with Gasteiger partial charge in [0, 0.05) is 5.69 Å². The van der Waals surface area contributed by atoms with Crippen molar-refractivity contribution in [3.8, 4) is 0 Å². The first-order valence-corrected chi connectivity index (χ1v) is 9.02. The Morgan fingerprint density at radius 1 is 0.957 bits per heavy atom. The number of para-hydroxylation sites is 1. The summed E-state index contributed by atoms with van der Waals surface area (Å²) in [6, 6.07) is 15.4. The smallest absolute Gasteiger partial charge is 0.239 e. The molecule has 0 aliphatic carbocycles. The fourth-order valence-corrected chi connectivity index (χ4v) is 3.47. The van der Waals surface area contributed by atoms with Gasteiger partial charge in [-0.2, -0.15) is 0 Å². The van der Waals surface area contributed by atoms with Crippen LogP contribution < -0.4 is 5.32 Å². The zero-order chi connectivity index (χ0) is 17.1. The minimum Gasteiger partial charge on any atom is -0.325 e. The molecular formula is C18H21NO3S. The van der Waals surface area contributed by atoms with Crippen LogP contribution in [0, 0.1) is 0 Å². The monoisotopic (exact) mass is 331 g/mol. The second-order valence-corrected chi connectivity index (χ2v) is 8.41. The maximum absolute atomic E-state index is 12.3. The Balaban J connectivity index is 2.18. The number of benzene rings is 2. The van der Waals surface area contributed by atoms with E-state index in [9.17, 15) is 13.2 Å². The second kappa shape index (κ2) is 6.54. The molecule has 0 aromatic heterocycles. The standard InChI is InChI=1S/C18H21NO3S/c1-18(2,3)15-11-7-8-12-16(15)19-17(20)13-23(21,22)14-9-5-4-6-10-14/h4-12H,13H2,1-3H3,(H,19,20). The zero-order valence-electron chi connectivity index (χ0n) is 13.5. The summed E-state index contributed by atoms with van der Waals surface area (Å²) in [5.74, 6) is -1.11. The van der Waals surface area contributed by atoms with Crippen LogP contribution in [0.3, 0.4) is 0 Å². The van der Waals surface area contributed by atoms with Crippen molar-refractivity contribution < 1.29 is 13.2 Å². The van der Waals surface area contributed by atoms with Crippen molar-refractivity contribution in [2.45, 2.75) is 31.1 Å². The van der Waals surface area contributed by atoms with E-state index in [-0.39, 0.29) is 10.3 Å². The number of hydrogen-bond acceptors (Lipinski definition) is 3. The van der Waals surface area contributed by atoms with E-state index in [2.05, 4.69) is 5.32 Å². The van der Waals surface area contributed by atoms with Crippen LogP contribution in [0.15, 0.2) is 59.5 Å². The molecule has 0 atom stereocenters. The summed E-state index contributed by atoms with van der Waals surface area (Å²) in [5, 5.41) is 2.72. The van der Waals surface area contributed by atoms with Crippen LogP contribution in [0.5, 0.6) is 0 Å². The SMILES string of the molecule is CC(C)(C)c1ccccc1NC(=O)CS(=O)(=O)c1ccccc1. The van der Waals surface area contributed by atoms with Crippen LogP contribution in [0.2, 0.25) is 0 Å². The van der Waals surface area contributed by atoms with E-state index < -0.39 is 21.5 Å². The van der Waals surface area contributed by atoms with E-state index in [0.717, 1.165) is 5.56 Å². The molecule has 0 heterocycles. The Kier molecular flexibility index (Phi) is 4.90. The normalized spacial score (nSPS) is 12.0. The fourth-order valence-electron chi connectivity index (χ4n) is 2.32. The minimum absolute atomic E-state index is 0.151. The number of amides is 1. The highest BCUT2D eigenvalue weighted by Crippen LogP contribution is 2.29. The molecule has 2 rings (SSSR count). The lowest BCUT2D eigenvalue weighted by molar-refractivity contribution is -0.113. The molecule has 122 valence electrons. The van der Waals surface area contributed by atoms with Gasteiger partial charge in [0.05, 0.1) is 4.90 Å². The average Bonchev–Trinajstić information content (AvgIpc) is 2.47. The van der Waals surface area contributed by atoms with E-state index in [1.807, 2.05) is 39.0 Å². The molecule has 4 nitrogen and oxygen atoms in total. The van der Waals surface area contributed by atoms with E-state index in [0.29, 0.717) is 5.69 Å². The molecule has 0 saturated heterocycles. The maximum atomic E-state index is 12.3. The molecule has 0 unspecified atom stereocenters. The van der Waals surface area contributed by atoms with Crippen molar-refractivity contribution in [3.63, 3.8) is 0 Å². The molecule has 0 aliphatic heterocycles. The Morgan fingerprint density at radius 3 is 2.13 bits per heavy atom. The molecule has 0 fully saturated rings. The van der Waals surface area contributed by atoms with Gasteiger partial charge < -0.3 is 5.32 Å². The Morgan fingerprint density at radius 2 is 1.52 bits per heavy atom. The predicted octanol–water partition coefficient (Wildman–Crippen LogP) is 3.40. The van der Waals surface area contributed by atoms with Crippen molar-refractivity contribution in [2.75, 3.05) is 11.1 Å². The van der Waals surface area contributed by atoms with Gasteiger partial charge in [-0.15, -0.1) is 0 Å². The zero-order valence-corrected chi connectivity index (χ0v) is 14.4. The Hall–Kier alpha value is -2.14. The minimum atomic E-state index is -3.64. The van der Waals surface area contributed by atoms with Gasteiger partial charge in [-0.1, -0.05) is 57.2 Å². The second-order valence-electron chi connectivity index (χ2n) is 6.42. The number of carbonyl (C=O) groups excluding carboxylic acids is 1. The van der Waals surface area contributed by atoms with Crippen LogP contribution in [0.25, 0.3) is 0 Å². The summed E-state index contributed by atoms with van der Waals surface area (Å²) >= 11 is 0. The van der Waals surface area contributed by atoms with Crippen molar-refractivity contribution in [1.82, 2.24) is 0 Å². The average molecular weight is 331 g/mol. The van der Waals surface area contributed by atoms with Gasteiger partial charge >= 0.3 is 0 Å². The summed E-state index contributed by atoms with van der Waals surface area (Å²) in [6.45, 7) is 6.12. The van der Waals surface area contributed by atoms with Gasteiger partial charge in [-0.25, -0.2) is 8.42 Å². The van der Waals surface area contributed by atoms with E-state index in [1.165, 1.54) is 12.1 Å². The maximum Gasteiger partial charge on any atom is 0.239 e. The summed E-state index contributed by atoms with van der Waals surface area (Å²) in [6.07, 6.45) is 0. The van der Waals surface area contributed by atoms with Crippen LogP contribution in [0.1, 0.15) is 26.3 Å². The molecular weight excluding hydrogens is 310 g/mol. The summed E-state index contributed by atoms with van der Waals surface area (Å²) in [4.78, 5) is 12.3. The molecule has 2 aromatic carbocycles. The Labute approximate surface area is 137 Å². The number of carbonyl (C=O) groups is 1. The molecule has 23 heavy (non-hydrogen) atoms. The van der Waals surface area contributed by atoms with Crippen LogP contribution in [-0.2, 0) is 20.0 Å². The van der Waals surface area contributed by atoms with Crippen LogP contribution >= 0.6 is 0 Å². The largest absolute Gasteiger partial charge is 0.325 e. The van der Waals surface area contributed by atoms with E-state index in [4.69, 9.17) is 0 Å². The highest BCUT2D eigenvalue weighted by atomic mass is 32.2. The molecule has 0 radical (unpaired) electrons. The molecule has 0 spiro atoms. The highest BCUT2D eigenvalue weighted by molar-refractivity contribution is 7.92. The summed E-state index contributed by atoms with van der Waals surface area (Å²) < 4.78 is 24.5. The van der Waals surface area contributed by atoms with Crippen molar-refractivity contribution in [3.05, 3.63) is 60.2 Å². The number of anilines is 1. The van der Waals surface area contributed by atoms with E-state index in [1.54, 1.807) is 24.3 Å². The van der Waals surface area contributed by atoms with Crippen molar-refractivity contribution in [1.29, 1.82) is 0 Å². The van der Waals surface area contributed by atoms with Crippen molar-refractivity contribution in [2.24, 2.45) is 0 Å². The third-order valence-corrected chi connectivity index (χ3v) is 5.07. The van der Waals surface area contributed by atoms with Crippen molar-refractivity contribution >= 4 is 21.4 Å². The molecule has 1 amide bonds. The number of sulfone groups is 1. The third kappa shape index (κ3) is 4.42. The lowest BCUT2D eigenvalue weighted by Gasteiger charge is -2.23. The first-order chi connectivity index (χ1) is 10.7. The molecule has 0 aliphatic rings. The van der Waals surface area contributed by atoms with Gasteiger partial charge in [0.1, 0.15) is 5.75 Å². The van der Waals surface area contributed by atoms with Crippen LogP contribution in [0.4, 0.5) is 5.69 Å². The summed E-state index contributed by atoms with van der Waals surface area (Å²) in [5.41, 5.74) is 1.46. The summed E-state index contributed by atoms with van der Waals surface area (Å²) in [7, 11) is -3.64. The molecule has 0 saturated carbocycles. The van der Waals surface area contributed by atoms with Gasteiger partial charge in [-0.05, 0) is 29.2 Å². The first-order valence-electron chi connectivity index (χ1n) is 7.37. The molecule has 5 heteroatoms. The van der Waals surface area contributed by atoms with E-state index >= 15 is 0 Å². The van der Waals surface area contributed by atoms with Gasteiger partial charge in [0.2, 0.25) is 5.91 Å². The number of nitrogens with one attached hydrogen (secondary N) is 1. The third-order valence-electron chi connectivity index (χ3n) is 3.43. The first kappa shape index (κ1) is 17.2. The topological polar surface area (TPSA) is 63.2 Å². The molecule has 0 bridgehead atoms. The predicted molar refractivity (Wildman–Crippen MR) is 92.3 cm³/mol. The number of rotatable bonds is 4. The molecule has 2 aromatic rings. The fraction of sp³-hybridized carbons (Fsp3) is 0.278.